The van der Waals surface area contributed by atoms with Crippen LogP contribution in [0.4, 0.5) is 0 Å². The minimum absolute atomic E-state index is 0.212. The molecule has 0 radical (unpaired) electrons. The van der Waals surface area contributed by atoms with E-state index < -0.39 is 0 Å². The van der Waals surface area contributed by atoms with Crippen molar-refractivity contribution in [1.29, 1.82) is 0 Å². The summed E-state index contributed by atoms with van der Waals surface area (Å²) in [5.74, 6) is 0.201. The maximum atomic E-state index is 11.1. The molecular weight excluding hydrogens is 212 g/mol. The monoisotopic (exact) mass is 232 g/mol. The van der Waals surface area contributed by atoms with E-state index in [9.17, 15) is 9.59 Å². The summed E-state index contributed by atoms with van der Waals surface area (Å²) in [4.78, 5) is 22.1. The Morgan fingerprint density at radius 2 is 2.00 bits per heavy atom. The summed E-state index contributed by atoms with van der Waals surface area (Å²) in [6.45, 7) is 6.70. The first-order valence-electron chi connectivity index (χ1n) is 6.31. The van der Waals surface area contributed by atoms with Gasteiger partial charge in [0, 0.05) is 11.5 Å². The van der Waals surface area contributed by atoms with E-state index in [1.807, 2.05) is 6.08 Å². The van der Waals surface area contributed by atoms with Crippen LogP contribution >= 0.6 is 0 Å². The fourth-order valence-electron chi connectivity index (χ4n) is 3.18. The van der Waals surface area contributed by atoms with Crippen molar-refractivity contribution in [2.24, 2.45) is 17.3 Å². The van der Waals surface area contributed by atoms with Crippen LogP contribution in [0.3, 0.4) is 0 Å². The van der Waals surface area contributed by atoms with Crippen molar-refractivity contribution in [2.45, 2.75) is 40.0 Å². The topological polar surface area (TPSA) is 34.1 Å². The molecule has 2 aliphatic carbocycles. The maximum absolute atomic E-state index is 11.1. The first-order chi connectivity index (χ1) is 7.96. The van der Waals surface area contributed by atoms with E-state index in [2.05, 4.69) is 20.8 Å². The quantitative estimate of drug-likeness (QED) is 0.686. The van der Waals surface area contributed by atoms with Crippen LogP contribution in [-0.2, 0) is 9.59 Å². The Kier molecular flexibility index (Phi) is 3.07. The van der Waals surface area contributed by atoms with Crippen molar-refractivity contribution < 1.29 is 9.59 Å². The Balaban J connectivity index is 2.39. The van der Waals surface area contributed by atoms with Gasteiger partial charge in [-0.15, -0.1) is 0 Å². The first-order valence-corrected chi connectivity index (χ1v) is 6.31. The molecule has 0 bridgehead atoms. The summed E-state index contributed by atoms with van der Waals surface area (Å²) < 4.78 is 0. The Morgan fingerprint density at radius 1 is 1.29 bits per heavy atom. The fraction of sp³-hybridized carbons (Fsp3) is 0.600. The molecule has 0 aliphatic heterocycles. The van der Waals surface area contributed by atoms with Gasteiger partial charge in [-0.2, -0.15) is 0 Å². The molecule has 2 atom stereocenters. The Bertz CT molecular complexity index is 413. The van der Waals surface area contributed by atoms with Gasteiger partial charge in [0.1, 0.15) is 12.6 Å². The van der Waals surface area contributed by atoms with Crippen molar-refractivity contribution in [3.63, 3.8) is 0 Å². The molecule has 0 aromatic rings. The van der Waals surface area contributed by atoms with E-state index in [1.54, 1.807) is 0 Å². The highest BCUT2D eigenvalue weighted by Gasteiger charge is 2.35. The average molecular weight is 232 g/mol. The summed E-state index contributed by atoms with van der Waals surface area (Å²) in [6.07, 6.45) is 6.65. The van der Waals surface area contributed by atoms with Crippen LogP contribution in [0.1, 0.15) is 40.0 Å². The lowest BCUT2D eigenvalue weighted by molar-refractivity contribution is -0.112. The SMILES string of the molecule is CC1CC(C=O)C(C=O)=CC2=C1CC(C)(C)C2. The zero-order chi connectivity index (χ0) is 12.6. The smallest absolute Gasteiger partial charge is 0.146 e. The van der Waals surface area contributed by atoms with Crippen molar-refractivity contribution in [1.82, 2.24) is 0 Å². The molecule has 0 saturated carbocycles. The Hall–Kier alpha value is -1.18. The summed E-state index contributed by atoms with van der Waals surface area (Å²) >= 11 is 0. The number of hydrogen-bond donors (Lipinski definition) is 0. The number of rotatable bonds is 2. The number of carbonyl (C=O) groups is 2. The van der Waals surface area contributed by atoms with Crippen LogP contribution in [0.2, 0.25) is 0 Å². The molecule has 0 aromatic heterocycles. The summed E-state index contributed by atoms with van der Waals surface area (Å²) in [5, 5.41) is 0. The lowest BCUT2D eigenvalue weighted by Gasteiger charge is -2.21. The van der Waals surface area contributed by atoms with Gasteiger partial charge in [0.25, 0.3) is 0 Å². The summed E-state index contributed by atoms with van der Waals surface area (Å²) in [7, 11) is 0. The molecule has 0 spiro atoms. The Morgan fingerprint density at radius 3 is 2.59 bits per heavy atom. The predicted molar refractivity (Wildman–Crippen MR) is 67.5 cm³/mol. The lowest BCUT2D eigenvalue weighted by atomic mass is 9.83. The maximum Gasteiger partial charge on any atom is 0.146 e. The van der Waals surface area contributed by atoms with Crippen LogP contribution in [-0.4, -0.2) is 12.6 Å². The van der Waals surface area contributed by atoms with E-state index in [0.717, 1.165) is 31.8 Å². The lowest BCUT2D eigenvalue weighted by Crippen LogP contribution is -2.13. The average Bonchev–Trinajstić information content (AvgIpc) is 2.52. The first kappa shape index (κ1) is 12.3. The molecular formula is C15H20O2. The molecule has 2 nitrogen and oxygen atoms in total. The van der Waals surface area contributed by atoms with Crippen molar-refractivity contribution in [3.05, 3.63) is 22.8 Å². The van der Waals surface area contributed by atoms with Crippen LogP contribution in [0.5, 0.6) is 0 Å². The van der Waals surface area contributed by atoms with Gasteiger partial charge in [-0.05, 0) is 36.2 Å². The van der Waals surface area contributed by atoms with Gasteiger partial charge in [-0.1, -0.05) is 32.4 Å². The molecule has 92 valence electrons. The highest BCUT2D eigenvalue weighted by molar-refractivity contribution is 5.82. The van der Waals surface area contributed by atoms with Gasteiger partial charge < -0.3 is 4.79 Å². The molecule has 0 aromatic carbocycles. The molecule has 0 N–H and O–H groups in total. The highest BCUT2D eigenvalue weighted by atomic mass is 16.1. The van der Waals surface area contributed by atoms with Gasteiger partial charge in [0.15, 0.2) is 0 Å². The van der Waals surface area contributed by atoms with Crippen molar-refractivity contribution in [3.8, 4) is 0 Å². The van der Waals surface area contributed by atoms with Gasteiger partial charge in [0.2, 0.25) is 0 Å². The van der Waals surface area contributed by atoms with Crippen LogP contribution in [0.15, 0.2) is 22.8 Å². The van der Waals surface area contributed by atoms with E-state index in [1.165, 1.54) is 11.1 Å². The predicted octanol–water partition coefficient (Wildman–Crippen LogP) is 3.08. The number of aldehydes is 2. The Labute approximate surface area is 103 Å². The van der Waals surface area contributed by atoms with E-state index in [-0.39, 0.29) is 5.92 Å². The largest absolute Gasteiger partial charge is 0.303 e. The molecule has 0 heterocycles. The standard InChI is InChI=1S/C15H20O2/c1-10-4-12(8-16)13(9-17)5-11-6-15(2,3)7-14(10)11/h5,8-10,12H,4,6-7H2,1-3H3. The van der Waals surface area contributed by atoms with Crippen molar-refractivity contribution >= 4 is 12.6 Å². The number of carbonyl (C=O) groups excluding carboxylic acids is 2. The van der Waals surface area contributed by atoms with E-state index in [4.69, 9.17) is 0 Å². The molecule has 2 unspecified atom stereocenters. The fourth-order valence-corrected chi connectivity index (χ4v) is 3.18. The second-order valence-corrected chi connectivity index (χ2v) is 6.21. The second kappa shape index (κ2) is 4.25. The van der Waals surface area contributed by atoms with Crippen LogP contribution < -0.4 is 0 Å². The molecule has 0 saturated heterocycles. The summed E-state index contributed by atoms with van der Waals surface area (Å²) in [5.41, 5.74) is 3.72. The zero-order valence-electron chi connectivity index (χ0n) is 10.8. The van der Waals surface area contributed by atoms with Gasteiger partial charge in [-0.25, -0.2) is 0 Å². The summed E-state index contributed by atoms with van der Waals surface area (Å²) in [6, 6.07) is 0. The second-order valence-electron chi connectivity index (χ2n) is 6.21. The minimum atomic E-state index is -0.212. The normalized spacial score (nSPS) is 31.6. The van der Waals surface area contributed by atoms with Crippen LogP contribution in [0, 0.1) is 17.3 Å². The minimum Gasteiger partial charge on any atom is -0.303 e. The molecule has 0 amide bonds. The van der Waals surface area contributed by atoms with Gasteiger partial charge in [-0.3, -0.25) is 4.79 Å². The van der Waals surface area contributed by atoms with E-state index >= 15 is 0 Å². The highest BCUT2D eigenvalue weighted by Crippen LogP contribution is 2.47. The molecule has 17 heavy (non-hydrogen) atoms. The third-order valence-corrected chi connectivity index (χ3v) is 4.02. The molecule has 2 aliphatic rings. The zero-order valence-corrected chi connectivity index (χ0v) is 10.8. The third-order valence-electron chi connectivity index (χ3n) is 4.02. The van der Waals surface area contributed by atoms with Crippen LogP contribution in [0.25, 0.3) is 0 Å². The van der Waals surface area contributed by atoms with Gasteiger partial charge >= 0.3 is 0 Å². The molecule has 2 rings (SSSR count). The van der Waals surface area contributed by atoms with Crippen molar-refractivity contribution in [2.75, 3.05) is 0 Å². The number of hydrogen-bond acceptors (Lipinski definition) is 2. The van der Waals surface area contributed by atoms with Gasteiger partial charge in [0.05, 0.1) is 0 Å². The van der Waals surface area contributed by atoms with E-state index in [0.29, 0.717) is 16.9 Å². The molecule has 2 heteroatoms. The third kappa shape index (κ3) is 2.26. The number of allylic oxidation sites excluding steroid dienone is 4. The molecule has 0 fully saturated rings.